The lowest BCUT2D eigenvalue weighted by atomic mass is 10.1. The molecule has 0 fully saturated rings. The first kappa shape index (κ1) is 16.7. The number of thioether (sulfide) groups is 1. The average molecular weight is 368 g/mol. The summed E-state index contributed by atoms with van der Waals surface area (Å²) in [4.78, 5) is 18.7. The average Bonchev–Trinajstić information content (AvgIpc) is 3.26. The largest absolute Gasteiger partial charge is 0.334 e. The van der Waals surface area contributed by atoms with E-state index in [2.05, 4.69) is 25.9 Å². The number of amidine groups is 1. The molecule has 2 aliphatic rings. The number of nitrogens with one attached hydrogen (secondary N) is 2. The van der Waals surface area contributed by atoms with Gasteiger partial charge in [-0.3, -0.25) is 4.99 Å². The number of hydrogen-bond donors (Lipinski definition) is 2. The highest BCUT2D eigenvalue weighted by atomic mass is 32.2. The monoisotopic (exact) mass is 368 g/mol. The van der Waals surface area contributed by atoms with Gasteiger partial charge in [0.15, 0.2) is 5.17 Å². The van der Waals surface area contributed by atoms with Crippen LogP contribution in [-0.2, 0) is 6.54 Å². The molecule has 0 saturated carbocycles. The topological polar surface area (TPSA) is 56.7 Å². The number of rotatable bonds is 4. The fourth-order valence-corrected chi connectivity index (χ4v) is 3.79. The Morgan fingerprint density at radius 2 is 1.92 bits per heavy atom. The second-order valence-corrected chi connectivity index (χ2v) is 6.78. The third-order valence-corrected chi connectivity index (χ3v) is 5.07. The Bertz CT molecular complexity index is 877. The first-order chi connectivity index (χ1) is 12.7. The molecule has 7 heteroatoms. The first-order valence-corrected chi connectivity index (χ1v) is 9.15. The van der Waals surface area contributed by atoms with Gasteiger partial charge in [-0.1, -0.05) is 36.0 Å². The lowest BCUT2D eigenvalue weighted by Gasteiger charge is -2.17. The Morgan fingerprint density at radius 3 is 2.69 bits per heavy atom. The number of carbonyl (C=O) groups excluding carboxylic acids is 1. The Labute approximate surface area is 155 Å². The Kier molecular flexibility index (Phi) is 4.62. The molecular weight excluding hydrogens is 351 g/mol. The highest BCUT2D eigenvalue weighted by molar-refractivity contribution is 8.16. The molecule has 2 amide bonds. The molecule has 0 saturated heterocycles. The van der Waals surface area contributed by atoms with Crippen LogP contribution in [0.25, 0.3) is 5.70 Å². The van der Waals surface area contributed by atoms with Crippen LogP contribution >= 0.6 is 11.8 Å². The molecule has 5 nitrogen and oxygen atoms in total. The molecule has 2 N–H and O–H groups in total. The van der Waals surface area contributed by atoms with Gasteiger partial charge in [0.1, 0.15) is 5.82 Å². The van der Waals surface area contributed by atoms with E-state index < -0.39 is 0 Å². The maximum absolute atomic E-state index is 12.9. The number of hydrogen-bond acceptors (Lipinski definition) is 4. The summed E-state index contributed by atoms with van der Waals surface area (Å²) in [5.41, 5.74) is 3.80. The molecule has 0 aromatic heterocycles. The number of halogens is 1. The van der Waals surface area contributed by atoms with Crippen molar-refractivity contribution >= 4 is 34.3 Å². The van der Waals surface area contributed by atoms with Crippen molar-refractivity contribution < 1.29 is 9.18 Å². The van der Waals surface area contributed by atoms with Crippen molar-refractivity contribution in [2.75, 3.05) is 18.4 Å². The molecule has 2 aliphatic heterocycles. The zero-order chi connectivity index (χ0) is 17.9. The lowest BCUT2D eigenvalue weighted by Crippen LogP contribution is -2.28. The number of benzene rings is 2. The van der Waals surface area contributed by atoms with Gasteiger partial charge < -0.3 is 15.5 Å². The normalized spacial score (nSPS) is 15.3. The van der Waals surface area contributed by atoms with Crippen LogP contribution in [0.3, 0.4) is 0 Å². The van der Waals surface area contributed by atoms with E-state index in [4.69, 9.17) is 0 Å². The second-order valence-electron chi connectivity index (χ2n) is 5.95. The summed E-state index contributed by atoms with van der Waals surface area (Å²) in [5, 5.41) is 8.72. The molecule has 2 aromatic carbocycles. The molecular formula is C19H17FN4OS. The number of urea groups is 1. The molecule has 132 valence electrons. The Morgan fingerprint density at radius 1 is 1.15 bits per heavy atom. The van der Waals surface area contributed by atoms with Gasteiger partial charge in [-0.25, -0.2) is 9.18 Å². The van der Waals surface area contributed by atoms with Crippen LogP contribution < -0.4 is 10.6 Å². The van der Waals surface area contributed by atoms with E-state index >= 15 is 0 Å². The molecule has 2 heterocycles. The summed E-state index contributed by atoms with van der Waals surface area (Å²) in [6.07, 6.45) is 0. The van der Waals surface area contributed by atoms with E-state index in [1.807, 2.05) is 24.3 Å². The zero-order valence-corrected chi connectivity index (χ0v) is 14.7. The molecule has 0 aliphatic carbocycles. The molecule has 4 rings (SSSR count). The van der Waals surface area contributed by atoms with E-state index in [1.54, 1.807) is 23.9 Å². The highest BCUT2D eigenvalue weighted by Crippen LogP contribution is 2.35. The van der Waals surface area contributed by atoms with Gasteiger partial charge in [-0.05, 0) is 35.4 Å². The van der Waals surface area contributed by atoms with Crippen LogP contribution in [0.15, 0.2) is 58.9 Å². The van der Waals surface area contributed by atoms with Gasteiger partial charge >= 0.3 is 6.03 Å². The number of fused-ring (bicyclic) bond motifs is 1. The van der Waals surface area contributed by atoms with Gasteiger partial charge in [0.2, 0.25) is 0 Å². The van der Waals surface area contributed by atoms with Crippen LogP contribution in [0.4, 0.5) is 14.9 Å². The van der Waals surface area contributed by atoms with Crippen molar-refractivity contribution in [1.29, 1.82) is 0 Å². The van der Waals surface area contributed by atoms with Crippen molar-refractivity contribution in [3.63, 3.8) is 0 Å². The molecule has 0 radical (unpaired) electrons. The SMILES string of the molecule is O=C(NCc1ccc(F)cc1)Nc1ccc(C2=CSC3=NCCN23)cc1. The van der Waals surface area contributed by atoms with Crippen LogP contribution in [0.2, 0.25) is 0 Å². The van der Waals surface area contributed by atoms with E-state index in [0.29, 0.717) is 12.2 Å². The quantitative estimate of drug-likeness (QED) is 0.861. The predicted octanol–water partition coefficient (Wildman–Crippen LogP) is 3.86. The van der Waals surface area contributed by atoms with E-state index in [0.717, 1.165) is 35.1 Å². The van der Waals surface area contributed by atoms with Crippen LogP contribution in [0, 0.1) is 5.82 Å². The predicted molar refractivity (Wildman–Crippen MR) is 103 cm³/mol. The zero-order valence-electron chi connectivity index (χ0n) is 13.9. The van der Waals surface area contributed by atoms with Crippen molar-refractivity contribution in [1.82, 2.24) is 10.2 Å². The summed E-state index contributed by atoms with van der Waals surface area (Å²) in [6, 6.07) is 13.5. The van der Waals surface area contributed by atoms with Crippen LogP contribution in [0.5, 0.6) is 0 Å². The number of anilines is 1. The summed E-state index contributed by atoms with van der Waals surface area (Å²) in [6.45, 7) is 2.10. The standard InChI is InChI=1S/C19H17FN4OS/c20-15-5-1-13(2-6-15)11-22-18(25)23-16-7-3-14(4-8-16)17-12-26-19-21-9-10-24(17)19/h1-8,12H,9-11H2,(H2,22,23,25). The van der Waals surface area contributed by atoms with Crippen molar-refractivity contribution in [3.8, 4) is 0 Å². The molecule has 2 aromatic rings. The Hall–Kier alpha value is -2.80. The summed E-state index contributed by atoms with van der Waals surface area (Å²) >= 11 is 1.65. The van der Waals surface area contributed by atoms with Gasteiger partial charge in [0.25, 0.3) is 0 Å². The van der Waals surface area contributed by atoms with Crippen molar-refractivity contribution in [2.45, 2.75) is 6.54 Å². The highest BCUT2D eigenvalue weighted by Gasteiger charge is 2.26. The minimum atomic E-state index is -0.299. The number of amides is 2. The fourth-order valence-electron chi connectivity index (χ4n) is 2.83. The van der Waals surface area contributed by atoms with Crippen LogP contribution in [0.1, 0.15) is 11.1 Å². The molecule has 0 atom stereocenters. The second kappa shape index (κ2) is 7.21. The molecule has 0 bridgehead atoms. The Balaban J connectivity index is 1.33. The first-order valence-electron chi connectivity index (χ1n) is 8.27. The summed E-state index contributed by atoms with van der Waals surface area (Å²) < 4.78 is 12.9. The van der Waals surface area contributed by atoms with E-state index in [-0.39, 0.29) is 11.8 Å². The van der Waals surface area contributed by atoms with Gasteiger partial charge in [0.05, 0.1) is 12.2 Å². The van der Waals surface area contributed by atoms with Crippen molar-refractivity contribution in [2.24, 2.45) is 4.99 Å². The minimum absolute atomic E-state index is 0.290. The number of aliphatic imine (C=N–C) groups is 1. The maximum Gasteiger partial charge on any atom is 0.319 e. The van der Waals surface area contributed by atoms with E-state index in [1.165, 1.54) is 12.1 Å². The molecule has 0 unspecified atom stereocenters. The van der Waals surface area contributed by atoms with Gasteiger partial charge in [-0.15, -0.1) is 0 Å². The summed E-state index contributed by atoms with van der Waals surface area (Å²) in [7, 11) is 0. The summed E-state index contributed by atoms with van der Waals surface area (Å²) in [5.74, 6) is -0.290. The molecule has 0 spiro atoms. The third kappa shape index (κ3) is 3.57. The molecule has 26 heavy (non-hydrogen) atoms. The lowest BCUT2D eigenvalue weighted by molar-refractivity contribution is 0.251. The van der Waals surface area contributed by atoms with E-state index in [9.17, 15) is 9.18 Å². The third-order valence-electron chi connectivity index (χ3n) is 4.17. The van der Waals surface area contributed by atoms with Gasteiger partial charge in [0, 0.05) is 24.2 Å². The van der Waals surface area contributed by atoms with Gasteiger partial charge in [-0.2, -0.15) is 0 Å². The van der Waals surface area contributed by atoms with Crippen LogP contribution in [-0.4, -0.2) is 29.2 Å². The minimum Gasteiger partial charge on any atom is -0.334 e. The fraction of sp³-hybridized carbons (Fsp3) is 0.158. The maximum atomic E-state index is 12.9. The number of nitrogens with zero attached hydrogens (tertiary/aromatic N) is 2. The smallest absolute Gasteiger partial charge is 0.319 e. The number of carbonyl (C=O) groups is 1. The van der Waals surface area contributed by atoms with Crippen molar-refractivity contribution in [3.05, 3.63) is 70.9 Å².